The molecule has 0 radical (unpaired) electrons. The predicted octanol–water partition coefficient (Wildman–Crippen LogP) is 7.52. The quantitative estimate of drug-likeness (QED) is 0.302. The summed E-state index contributed by atoms with van der Waals surface area (Å²) in [6.45, 7) is 4.70. The molecule has 1 N–H and O–H groups in total. The standard InChI is InChI=1S/C26H27F6N3O/c1-3-5-6-17(4-2)14-34-24(36)23-15-33-16-35(23)22-9-7-18(8-10-22)19-11-20(25(27,28)29)13-21(12-19)26(30,31)32/h7-13,15-17H,3-6,14H2,1-2H3,(H,34,36)/t17-/m1/s1. The van der Waals surface area contributed by atoms with Crippen molar-refractivity contribution < 1.29 is 31.1 Å². The fourth-order valence-corrected chi connectivity index (χ4v) is 3.88. The number of nitrogens with zero attached hydrogens (tertiary/aromatic N) is 2. The van der Waals surface area contributed by atoms with Crippen LogP contribution in [0.3, 0.4) is 0 Å². The highest BCUT2D eigenvalue weighted by Gasteiger charge is 2.37. The van der Waals surface area contributed by atoms with E-state index < -0.39 is 23.5 Å². The molecule has 0 aliphatic carbocycles. The van der Waals surface area contributed by atoms with Crippen LogP contribution in [0.2, 0.25) is 0 Å². The van der Waals surface area contributed by atoms with Crippen molar-refractivity contribution in [3.8, 4) is 16.8 Å². The summed E-state index contributed by atoms with van der Waals surface area (Å²) < 4.78 is 80.7. The van der Waals surface area contributed by atoms with Gasteiger partial charge in [-0.05, 0) is 53.8 Å². The van der Waals surface area contributed by atoms with Gasteiger partial charge in [-0.15, -0.1) is 0 Å². The van der Waals surface area contributed by atoms with Gasteiger partial charge in [0.15, 0.2) is 0 Å². The van der Waals surface area contributed by atoms with Crippen molar-refractivity contribution in [3.05, 3.63) is 71.8 Å². The summed E-state index contributed by atoms with van der Waals surface area (Å²) in [6, 6.07) is 7.30. The number of aromatic nitrogens is 2. The van der Waals surface area contributed by atoms with Crippen LogP contribution in [-0.4, -0.2) is 22.0 Å². The molecule has 0 saturated heterocycles. The number of imidazole rings is 1. The number of hydrogen-bond acceptors (Lipinski definition) is 2. The number of unbranched alkanes of at least 4 members (excludes halogenated alkanes) is 1. The molecular weight excluding hydrogens is 484 g/mol. The predicted molar refractivity (Wildman–Crippen MR) is 125 cm³/mol. The molecule has 1 amide bonds. The molecule has 0 saturated carbocycles. The Balaban J connectivity index is 1.84. The number of alkyl halides is 6. The Morgan fingerprint density at radius 3 is 2.08 bits per heavy atom. The van der Waals surface area contributed by atoms with Gasteiger partial charge in [0.1, 0.15) is 5.69 Å². The molecule has 1 heterocycles. The van der Waals surface area contributed by atoms with Gasteiger partial charge < -0.3 is 5.32 Å². The van der Waals surface area contributed by atoms with Gasteiger partial charge in [0, 0.05) is 12.2 Å². The molecule has 3 aromatic rings. The molecule has 4 nitrogen and oxygen atoms in total. The van der Waals surface area contributed by atoms with Gasteiger partial charge in [-0.25, -0.2) is 4.98 Å². The number of carbonyl (C=O) groups is 1. The first-order valence-corrected chi connectivity index (χ1v) is 11.6. The maximum Gasteiger partial charge on any atom is 0.416 e. The molecule has 2 aromatic carbocycles. The van der Waals surface area contributed by atoms with Crippen molar-refractivity contribution in [1.82, 2.24) is 14.9 Å². The number of benzene rings is 2. The topological polar surface area (TPSA) is 46.9 Å². The minimum absolute atomic E-state index is 0.0968. The first-order chi connectivity index (χ1) is 16.9. The Labute approximate surface area is 205 Å². The molecule has 0 aliphatic rings. The molecule has 0 aliphatic heterocycles. The van der Waals surface area contributed by atoms with Gasteiger partial charge >= 0.3 is 12.4 Å². The van der Waals surface area contributed by atoms with Gasteiger partial charge in [-0.2, -0.15) is 26.3 Å². The van der Waals surface area contributed by atoms with Gasteiger partial charge in [0.05, 0.1) is 23.7 Å². The van der Waals surface area contributed by atoms with Crippen molar-refractivity contribution in [2.45, 2.75) is 51.9 Å². The molecule has 36 heavy (non-hydrogen) atoms. The van der Waals surface area contributed by atoms with Crippen LogP contribution in [0, 0.1) is 5.92 Å². The summed E-state index contributed by atoms with van der Waals surface area (Å²) >= 11 is 0. The second kappa shape index (κ2) is 11.2. The number of carbonyl (C=O) groups excluding carboxylic acids is 1. The zero-order chi connectivity index (χ0) is 26.5. The summed E-state index contributed by atoms with van der Waals surface area (Å²) in [6.07, 6.45) is -2.93. The third-order valence-electron chi connectivity index (χ3n) is 6.03. The highest BCUT2D eigenvalue weighted by molar-refractivity contribution is 5.93. The monoisotopic (exact) mass is 511 g/mol. The molecule has 0 spiro atoms. The summed E-state index contributed by atoms with van der Waals surface area (Å²) in [5.74, 6) is 0.0397. The van der Waals surface area contributed by atoms with Crippen LogP contribution >= 0.6 is 0 Å². The highest BCUT2D eigenvalue weighted by atomic mass is 19.4. The Hall–Kier alpha value is -3.30. The van der Waals surface area contributed by atoms with Crippen LogP contribution in [-0.2, 0) is 12.4 Å². The Kier molecular flexibility index (Phi) is 8.47. The second-order valence-corrected chi connectivity index (χ2v) is 8.62. The summed E-state index contributed by atoms with van der Waals surface area (Å²) in [5, 5.41) is 2.92. The van der Waals surface area contributed by atoms with Crippen molar-refractivity contribution in [2.75, 3.05) is 6.54 Å². The van der Waals surface area contributed by atoms with E-state index in [1.807, 2.05) is 0 Å². The maximum atomic E-state index is 13.2. The molecular formula is C26H27F6N3O. The fourth-order valence-electron chi connectivity index (χ4n) is 3.88. The van der Waals surface area contributed by atoms with Gasteiger partial charge in [0.2, 0.25) is 0 Å². The van der Waals surface area contributed by atoms with E-state index in [1.54, 1.807) is 0 Å². The average Bonchev–Trinajstić information content (AvgIpc) is 3.33. The molecule has 0 fully saturated rings. The third-order valence-corrected chi connectivity index (χ3v) is 6.03. The van der Waals surface area contributed by atoms with Crippen molar-refractivity contribution in [1.29, 1.82) is 0 Å². The number of amides is 1. The van der Waals surface area contributed by atoms with Crippen molar-refractivity contribution in [2.24, 2.45) is 5.92 Å². The molecule has 194 valence electrons. The number of halogens is 6. The minimum Gasteiger partial charge on any atom is -0.350 e. The molecule has 10 heteroatoms. The van der Waals surface area contributed by atoms with E-state index in [-0.39, 0.29) is 28.8 Å². The lowest BCUT2D eigenvalue weighted by molar-refractivity contribution is -0.143. The Bertz CT molecular complexity index is 1130. The summed E-state index contributed by atoms with van der Waals surface area (Å²) in [5.41, 5.74) is -2.05. The number of rotatable bonds is 9. The van der Waals surface area contributed by atoms with Crippen molar-refractivity contribution in [3.63, 3.8) is 0 Å². The molecule has 3 rings (SSSR count). The molecule has 1 atom stereocenters. The lowest BCUT2D eigenvalue weighted by atomic mass is 9.99. The van der Waals surface area contributed by atoms with Gasteiger partial charge in [0.25, 0.3) is 5.91 Å². The lowest BCUT2D eigenvalue weighted by Gasteiger charge is -2.16. The van der Waals surface area contributed by atoms with E-state index >= 15 is 0 Å². The van der Waals surface area contributed by atoms with Crippen LogP contribution in [0.25, 0.3) is 16.8 Å². The van der Waals surface area contributed by atoms with E-state index in [9.17, 15) is 31.1 Å². The fraction of sp³-hybridized carbons (Fsp3) is 0.385. The smallest absolute Gasteiger partial charge is 0.350 e. The van der Waals surface area contributed by atoms with Crippen LogP contribution in [0.15, 0.2) is 55.0 Å². The average molecular weight is 512 g/mol. The lowest BCUT2D eigenvalue weighted by Crippen LogP contribution is -2.30. The van der Waals surface area contributed by atoms with Crippen LogP contribution < -0.4 is 5.32 Å². The first kappa shape index (κ1) is 27.3. The summed E-state index contributed by atoms with van der Waals surface area (Å²) in [7, 11) is 0. The highest BCUT2D eigenvalue weighted by Crippen LogP contribution is 2.38. The Morgan fingerprint density at radius 2 is 1.56 bits per heavy atom. The van der Waals surface area contributed by atoms with Crippen molar-refractivity contribution >= 4 is 5.91 Å². The van der Waals surface area contributed by atoms with Crippen LogP contribution in [0.4, 0.5) is 26.3 Å². The third kappa shape index (κ3) is 6.67. The van der Waals surface area contributed by atoms with E-state index in [2.05, 4.69) is 24.1 Å². The van der Waals surface area contributed by atoms with Gasteiger partial charge in [-0.3, -0.25) is 9.36 Å². The van der Waals surface area contributed by atoms with E-state index in [0.717, 1.165) is 25.7 Å². The minimum atomic E-state index is -4.93. The van der Waals surface area contributed by atoms with Gasteiger partial charge in [-0.1, -0.05) is 45.2 Å². The number of hydrogen-bond donors (Lipinski definition) is 1. The SMILES string of the molecule is CCCC[C@@H](CC)CNC(=O)c1cncn1-c1ccc(-c2cc(C(F)(F)F)cc(C(F)(F)F)c2)cc1. The maximum absolute atomic E-state index is 13.2. The molecule has 0 bridgehead atoms. The largest absolute Gasteiger partial charge is 0.416 e. The van der Waals surface area contributed by atoms with Crippen LogP contribution in [0.1, 0.15) is 61.1 Å². The van der Waals surface area contributed by atoms with E-state index in [4.69, 9.17) is 0 Å². The zero-order valence-corrected chi connectivity index (χ0v) is 19.9. The molecule has 0 unspecified atom stereocenters. The first-order valence-electron chi connectivity index (χ1n) is 11.6. The Morgan fingerprint density at radius 1 is 0.944 bits per heavy atom. The number of nitrogens with one attached hydrogen (secondary N) is 1. The van der Waals surface area contributed by atoms with E-state index in [1.165, 1.54) is 41.4 Å². The zero-order valence-electron chi connectivity index (χ0n) is 19.9. The van der Waals surface area contributed by atoms with Crippen LogP contribution in [0.5, 0.6) is 0 Å². The van der Waals surface area contributed by atoms with E-state index in [0.29, 0.717) is 30.3 Å². The second-order valence-electron chi connectivity index (χ2n) is 8.62. The normalized spacial score (nSPS) is 13.0. The summed E-state index contributed by atoms with van der Waals surface area (Å²) in [4.78, 5) is 16.8. The molecule has 1 aromatic heterocycles.